The fourth-order valence-corrected chi connectivity index (χ4v) is 5.39. The molecule has 2 saturated carbocycles. The van der Waals surface area contributed by atoms with Crippen LogP contribution in [0, 0.1) is 24.6 Å². The minimum atomic E-state index is -0.692. The molecule has 0 radical (unpaired) electrons. The normalized spacial score (nSPS) is 24.3. The highest BCUT2D eigenvalue weighted by molar-refractivity contribution is 5.95. The summed E-state index contributed by atoms with van der Waals surface area (Å²) < 4.78 is 24.3. The van der Waals surface area contributed by atoms with Crippen molar-refractivity contribution >= 4 is 17.2 Å². The van der Waals surface area contributed by atoms with Crippen LogP contribution in [-0.2, 0) is 11.8 Å². The van der Waals surface area contributed by atoms with Crippen molar-refractivity contribution in [3.63, 3.8) is 0 Å². The number of anilines is 1. The molecule has 1 amide bonds. The third-order valence-electron chi connectivity index (χ3n) is 8.14. The monoisotopic (exact) mass is 518 g/mol. The van der Waals surface area contributed by atoms with Crippen LogP contribution in [0.1, 0.15) is 49.8 Å². The fraction of sp³-hybridized carbons (Fsp3) is 0.429. The lowest BCUT2D eigenvalue weighted by Gasteiger charge is -2.44. The van der Waals surface area contributed by atoms with E-state index in [-0.39, 0.29) is 23.7 Å². The number of hydrogen-bond acceptors (Lipinski definition) is 6. The standard InChI is InChI=1S/C28H31FN6O3/c1-4-28(37)8-7-17(28)15-38-24-13-31-34(3)26(24)21-9-18-10-25(33-35(18)14-22(21)29)32-27(36)20-11-19(20)23-6-5-16(2)12-30-23/h5-6,9-10,12-14,17,19-20,37H,4,7-8,11,15H2,1-3H3,(H,32,33,36)/t17-,19-,20+,28-/m0/s1. The van der Waals surface area contributed by atoms with Gasteiger partial charge in [0.1, 0.15) is 5.69 Å². The van der Waals surface area contributed by atoms with E-state index in [4.69, 9.17) is 4.74 Å². The first-order valence-electron chi connectivity index (χ1n) is 13.1. The predicted molar refractivity (Wildman–Crippen MR) is 139 cm³/mol. The Morgan fingerprint density at radius 2 is 2.16 bits per heavy atom. The van der Waals surface area contributed by atoms with E-state index < -0.39 is 11.4 Å². The van der Waals surface area contributed by atoms with Crippen LogP contribution in [0.3, 0.4) is 0 Å². The third-order valence-corrected chi connectivity index (χ3v) is 8.14. The van der Waals surface area contributed by atoms with Crippen LogP contribution in [0.15, 0.2) is 42.9 Å². The van der Waals surface area contributed by atoms with Gasteiger partial charge in [-0.05, 0) is 50.3 Å². The van der Waals surface area contributed by atoms with Crippen LogP contribution in [0.2, 0.25) is 0 Å². The molecule has 10 heteroatoms. The fourth-order valence-electron chi connectivity index (χ4n) is 5.39. The number of aryl methyl sites for hydroxylation is 2. The van der Waals surface area contributed by atoms with Gasteiger partial charge >= 0.3 is 0 Å². The lowest BCUT2D eigenvalue weighted by Crippen LogP contribution is -2.49. The number of aliphatic hydroxyl groups is 1. The number of fused-ring (bicyclic) bond motifs is 1. The third kappa shape index (κ3) is 4.32. The second kappa shape index (κ2) is 9.20. The van der Waals surface area contributed by atoms with Gasteiger partial charge in [-0.1, -0.05) is 13.0 Å². The molecule has 0 aliphatic heterocycles. The average Bonchev–Trinajstić information content (AvgIpc) is 3.49. The van der Waals surface area contributed by atoms with E-state index in [9.17, 15) is 9.90 Å². The molecule has 4 atom stereocenters. The van der Waals surface area contributed by atoms with Gasteiger partial charge in [0.2, 0.25) is 5.91 Å². The number of hydrogen-bond donors (Lipinski definition) is 2. The van der Waals surface area contributed by atoms with Crippen LogP contribution in [-0.4, -0.2) is 47.6 Å². The number of amides is 1. The van der Waals surface area contributed by atoms with E-state index in [0.29, 0.717) is 41.4 Å². The number of carbonyl (C=O) groups excluding carboxylic acids is 1. The molecule has 2 N–H and O–H groups in total. The quantitative estimate of drug-likeness (QED) is 0.361. The van der Waals surface area contributed by atoms with Crippen LogP contribution in [0.5, 0.6) is 5.75 Å². The largest absolute Gasteiger partial charge is 0.489 e. The number of aromatic nitrogens is 5. The molecule has 0 unspecified atom stereocenters. The summed E-state index contributed by atoms with van der Waals surface area (Å²) in [4.78, 5) is 17.3. The van der Waals surface area contributed by atoms with Gasteiger partial charge in [-0.15, -0.1) is 5.10 Å². The van der Waals surface area contributed by atoms with Crippen LogP contribution in [0.4, 0.5) is 10.2 Å². The van der Waals surface area contributed by atoms with Crippen molar-refractivity contribution in [3.8, 4) is 17.0 Å². The number of carbonyl (C=O) groups is 1. The molecule has 198 valence electrons. The molecule has 9 nitrogen and oxygen atoms in total. The summed E-state index contributed by atoms with van der Waals surface area (Å²) in [5.74, 6) is 0.200. The van der Waals surface area contributed by atoms with E-state index in [0.717, 1.165) is 30.5 Å². The Hall–Kier alpha value is -3.79. The summed E-state index contributed by atoms with van der Waals surface area (Å²) in [6.07, 6.45) is 7.76. The summed E-state index contributed by atoms with van der Waals surface area (Å²) in [5.41, 5.74) is 2.75. The minimum absolute atomic E-state index is 0.0433. The van der Waals surface area contributed by atoms with Gasteiger partial charge in [0.15, 0.2) is 17.4 Å². The molecule has 2 fully saturated rings. The van der Waals surface area contributed by atoms with Crippen LogP contribution in [0.25, 0.3) is 16.8 Å². The van der Waals surface area contributed by atoms with E-state index in [1.54, 1.807) is 30.1 Å². The molecule has 0 bridgehead atoms. The van der Waals surface area contributed by atoms with Crippen LogP contribution < -0.4 is 10.1 Å². The zero-order chi connectivity index (χ0) is 26.6. The van der Waals surface area contributed by atoms with Gasteiger partial charge < -0.3 is 15.2 Å². The lowest BCUT2D eigenvalue weighted by molar-refractivity contribution is -0.117. The first-order valence-corrected chi connectivity index (χ1v) is 13.1. The number of ether oxygens (including phenoxy) is 1. The number of nitrogens with zero attached hydrogens (tertiary/aromatic N) is 5. The zero-order valence-corrected chi connectivity index (χ0v) is 21.7. The van der Waals surface area contributed by atoms with Crippen molar-refractivity contribution in [1.29, 1.82) is 0 Å². The topological polar surface area (TPSA) is 107 Å². The highest BCUT2D eigenvalue weighted by Crippen LogP contribution is 2.47. The molecule has 0 aromatic carbocycles. The summed E-state index contributed by atoms with van der Waals surface area (Å²) in [6.45, 7) is 4.30. The van der Waals surface area contributed by atoms with E-state index in [1.165, 1.54) is 10.7 Å². The smallest absolute Gasteiger partial charge is 0.229 e. The second-order valence-corrected chi connectivity index (χ2v) is 10.6. The summed E-state index contributed by atoms with van der Waals surface area (Å²) in [7, 11) is 1.73. The summed E-state index contributed by atoms with van der Waals surface area (Å²) in [5, 5.41) is 22.1. The Balaban J connectivity index is 1.19. The van der Waals surface area contributed by atoms with Crippen molar-refractivity contribution in [3.05, 3.63) is 59.9 Å². The average molecular weight is 519 g/mol. The SMILES string of the molecule is CC[C@]1(O)CC[C@H]1COc1cnn(C)c1-c1cc2cc(NC(=O)[C@@H]3C[C@@H]3c3ccc(C)cn3)nn2cc1F. The maximum Gasteiger partial charge on any atom is 0.229 e. The van der Waals surface area contributed by atoms with Gasteiger partial charge in [-0.25, -0.2) is 8.91 Å². The van der Waals surface area contributed by atoms with Crippen molar-refractivity contribution in [2.24, 2.45) is 18.9 Å². The van der Waals surface area contributed by atoms with Crippen molar-refractivity contribution < 1.29 is 19.0 Å². The van der Waals surface area contributed by atoms with Gasteiger partial charge in [0.05, 0.1) is 30.1 Å². The maximum absolute atomic E-state index is 15.3. The highest BCUT2D eigenvalue weighted by Gasteiger charge is 2.45. The number of rotatable bonds is 8. The van der Waals surface area contributed by atoms with E-state index in [1.807, 2.05) is 32.2 Å². The lowest BCUT2D eigenvalue weighted by atomic mass is 9.68. The first-order chi connectivity index (χ1) is 18.3. The van der Waals surface area contributed by atoms with E-state index in [2.05, 4.69) is 20.5 Å². The molecule has 4 aromatic heterocycles. The molecule has 2 aliphatic rings. The molecule has 4 heterocycles. The maximum atomic E-state index is 15.3. The Morgan fingerprint density at radius 3 is 2.87 bits per heavy atom. The van der Waals surface area contributed by atoms with Gasteiger partial charge in [-0.2, -0.15) is 5.10 Å². The van der Waals surface area contributed by atoms with Crippen molar-refractivity contribution in [2.75, 3.05) is 11.9 Å². The Labute approximate surface area is 219 Å². The van der Waals surface area contributed by atoms with Crippen molar-refractivity contribution in [2.45, 2.75) is 51.0 Å². The zero-order valence-electron chi connectivity index (χ0n) is 21.7. The summed E-state index contributed by atoms with van der Waals surface area (Å²) in [6, 6.07) is 7.36. The Kier molecular flexibility index (Phi) is 5.94. The number of nitrogens with one attached hydrogen (secondary N) is 1. The number of halogens is 1. The highest BCUT2D eigenvalue weighted by atomic mass is 19.1. The summed E-state index contributed by atoms with van der Waals surface area (Å²) >= 11 is 0. The molecular formula is C28H31FN6O3. The molecule has 2 aliphatic carbocycles. The molecule has 0 saturated heterocycles. The first kappa shape index (κ1) is 24.5. The molecule has 38 heavy (non-hydrogen) atoms. The predicted octanol–water partition coefficient (Wildman–Crippen LogP) is 4.25. The van der Waals surface area contributed by atoms with Gasteiger partial charge in [0.25, 0.3) is 0 Å². The molecule has 0 spiro atoms. The van der Waals surface area contributed by atoms with Gasteiger partial charge in [-0.3, -0.25) is 14.5 Å². The van der Waals surface area contributed by atoms with Crippen LogP contribution >= 0.6 is 0 Å². The number of pyridine rings is 2. The van der Waals surface area contributed by atoms with Gasteiger partial charge in [0, 0.05) is 48.3 Å². The second-order valence-electron chi connectivity index (χ2n) is 10.6. The molecular weight excluding hydrogens is 487 g/mol. The Bertz CT molecular complexity index is 1510. The minimum Gasteiger partial charge on any atom is -0.489 e. The molecule has 4 aromatic rings. The molecule has 6 rings (SSSR count). The van der Waals surface area contributed by atoms with Crippen molar-refractivity contribution in [1.82, 2.24) is 24.4 Å². The Morgan fingerprint density at radius 1 is 1.32 bits per heavy atom. The van der Waals surface area contributed by atoms with E-state index >= 15 is 4.39 Å².